The summed E-state index contributed by atoms with van der Waals surface area (Å²) in [5.74, 6) is 6.79. The molecule has 11 rings (SSSR count). The first-order chi connectivity index (χ1) is 19.1. The Kier molecular flexibility index (Phi) is 5.49. The molecule has 0 aromatic heterocycles. The first kappa shape index (κ1) is 24.0. The number of rotatable bonds is 6. The van der Waals surface area contributed by atoms with E-state index in [9.17, 15) is 0 Å². The van der Waals surface area contributed by atoms with Crippen LogP contribution in [0.25, 0.3) is 5.57 Å². The molecule has 0 heterocycles. The van der Waals surface area contributed by atoms with E-state index < -0.39 is 0 Å². The largest absolute Gasteiger partial charge is 0.0894 e. The standard InChI is InChI=1S/C38H45P/c1-3-7-32(8-4-1)35-12-11-34(36(35)33-9-5-2-6-10-33)25-39(37-19-26-13-27(20-37)15-28(14-26)21-37)38-22-29-16-30(23-38)18-31(17-29)24-38/h1-12,26-31,35H,13-25H2. The molecule has 0 amide bonds. The first-order valence-corrected chi connectivity index (χ1v) is 18.0. The van der Waals surface area contributed by atoms with Gasteiger partial charge in [0, 0.05) is 5.92 Å². The molecule has 0 nitrogen and oxygen atoms in total. The summed E-state index contributed by atoms with van der Waals surface area (Å²) in [4.78, 5) is 0. The summed E-state index contributed by atoms with van der Waals surface area (Å²) in [5, 5.41) is 1.40. The Bertz CT molecular complexity index is 1180. The lowest BCUT2D eigenvalue weighted by Crippen LogP contribution is -2.57. The second-order valence-corrected chi connectivity index (χ2v) is 18.5. The molecule has 8 fully saturated rings. The molecule has 8 saturated carbocycles. The van der Waals surface area contributed by atoms with Crippen molar-refractivity contribution in [2.45, 2.75) is 93.3 Å². The Morgan fingerprint density at radius 3 is 1.46 bits per heavy atom. The van der Waals surface area contributed by atoms with E-state index in [4.69, 9.17) is 0 Å². The van der Waals surface area contributed by atoms with Crippen LogP contribution in [0, 0.1) is 35.5 Å². The summed E-state index contributed by atoms with van der Waals surface area (Å²) in [5.41, 5.74) is 6.31. The molecule has 9 aliphatic carbocycles. The summed E-state index contributed by atoms with van der Waals surface area (Å²) in [7, 11) is -0.0339. The number of allylic oxidation sites excluding steroid dienone is 4. The molecule has 39 heavy (non-hydrogen) atoms. The van der Waals surface area contributed by atoms with Crippen LogP contribution in [-0.2, 0) is 0 Å². The second kappa shape index (κ2) is 8.92. The van der Waals surface area contributed by atoms with Crippen LogP contribution in [-0.4, -0.2) is 16.5 Å². The van der Waals surface area contributed by atoms with E-state index in [0.29, 0.717) is 16.2 Å². The lowest BCUT2D eigenvalue weighted by molar-refractivity contribution is 0.0187. The molecule has 2 aromatic carbocycles. The van der Waals surface area contributed by atoms with Crippen molar-refractivity contribution in [3.05, 3.63) is 89.5 Å². The average Bonchev–Trinajstić information content (AvgIpc) is 3.35. The molecule has 2 aromatic rings. The Morgan fingerprint density at radius 1 is 0.564 bits per heavy atom. The zero-order chi connectivity index (χ0) is 25.6. The number of hydrogen-bond donors (Lipinski definition) is 0. The fourth-order valence-corrected chi connectivity index (χ4v) is 17.6. The fraction of sp³-hybridized carbons (Fsp3) is 0.579. The third-order valence-corrected chi connectivity index (χ3v) is 16.9. The topological polar surface area (TPSA) is 0 Å². The van der Waals surface area contributed by atoms with Gasteiger partial charge < -0.3 is 0 Å². The first-order valence-electron chi connectivity index (χ1n) is 16.4. The molecular formula is C38H45P. The normalized spacial score (nSPS) is 43.9. The van der Waals surface area contributed by atoms with E-state index in [1.165, 1.54) is 17.3 Å². The van der Waals surface area contributed by atoms with Gasteiger partial charge in [-0.05, 0) is 151 Å². The van der Waals surface area contributed by atoms with Gasteiger partial charge in [0.15, 0.2) is 0 Å². The van der Waals surface area contributed by atoms with Crippen molar-refractivity contribution in [2.24, 2.45) is 35.5 Å². The van der Waals surface area contributed by atoms with Crippen LogP contribution in [0.5, 0.6) is 0 Å². The van der Waals surface area contributed by atoms with Crippen LogP contribution in [0.15, 0.2) is 78.4 Å². The molecule has 1 atom stereocenters. The third kappa shape index (κ3) is 3.86. The van der Waals surface area contributed by atoms with Crippen LogP contribution < -0.4 is 0 Å². The van der Waals surface area contributed by atoms with Gasteiger partial charge in [0.1, 0.15) is 0 Å². The van der Waals surface area contributed by atoms with Crippen LogP contribution in [0.2, 0.25) is 0 Å². The monoisotopic (exact) mass is 532 g/mol. The van der Waals surface area contributed by atoms with Crippen molar-refractivity contribution in [1.82, 2.24) is 0 Å². The van der Waals surface area contributed by atoms with Crippen LogP contribution in [0.1, 0.15) is 94.1 Å². The van der Waals surface area contributed by atoms with Crippen LogP contribution in [0.4, 0.5) is 0 Å². The molecule has 0 spiro atoms. The zero-order valence-corrected chi connectivity index (χ0v) is 24.5. The number of benzene rings is 2. The lowest BCUT2D eigenvalue weighted by Gasteiger charge is -2.67. The molecule has 9 aliphatic rings. The van der Waals surface area contributed by atoms with Gasteiger partial charge in [0.25, 0.3) is 0 Å². The van der Waals surface area contributed by atoms with Crippen molar-refractivity contribution in [3.63, 3.8) is 0 Å². The summed E-state index contributed by atoms with van der Waals surface area (Å²) >= 11 is 0. The van der Waals surface area contributed by atoms with E-state index in [1.807, 2.05) is 0 Å². The molecule has 8 bridgehead atoms. The van der Waals surface area contributed by atoms with Crippen molar-refractivity contribution in [1.29, 1.82) is 0 Å². The van der Waals surface area contributed by atoms with E-state index in [0.717, 1.165) is 35.5 Å². The van der Waals surface area contributed by atoms with E-state index in [1.54, 1.807) is 88.2 Å². The van der Waals surface area contributed by atoms with E-state index >= 15 is 0 Å². The molecule has 0 saturated heterocycles. The van der Waals surface area contributed by atoms with Crippen LogP contribution >= 0.6 is 7.92 Å². The number of hydrogen-bond acceptors (Lipinski definition) is 0. The van der Waals surface area contributed by atoms with Gasteiger partial charge in [-0.2, -0.15) is 0 Å². The maximum absolute atomic E-state index is 2.62. The highest BCUT2D eigenvalue weighted by molar-refractivity contribution is 7.61. The predicted molar refractivity (Wildman–Crippen MR) is 165 cm³/mol. The van der Waals surface area contributed by atoms with Gasteiger partial charge >= 0.3 is 0 Å². The van der Waals surface area contributed by atoms with Gasteiger partial charge in [-0.15, -0.1) is 0 Å². The Morgan fingerprint density at radius 2 is 1.00 bits per heavy atom. The van der Waals surface area contributed by atoms with Gasteiger partial charge in [-0.1, -0.05) is 80.7 Å². The Hall–Kier alpha value is -1.65. The van der Waals surface area contributed by atoms with Crippen molar-refractivity contribution >= 4 is 13.5 Å². The quantitative estimate of drug-likeness (QED) is 0.325. The maximum Gasteiger partial charge on any atom is 0.0281 e. The van der Waals surface area contributed by atoms with E-state index in [2.05, 4.69) is 72.8 Å². The van der Waals surface area contributed by atoms with Gasteiger partial charge in [-0.25, -0.2) is 0 Å². The minimum absolute atomic E-state index is 0.0339. The summed E-state index contributed by atoms with van der Waals surface area (Å²) < 4.78 is 0. The van der Waals surface area contributed by atoms with Crippen molar-refractivity contribution in [2.75, 3.05) is 6.16 Å². The van der Waals surface area contributed by atoms with Gasteiger partial charge in [0.2, 0.25) is 0 Å². The summed E-state index contributed by atoms with van der Waals surface area (Å²) in [6, 6.07) is 22.9. The van der Waals surface area contributed by atoms with Crippen molar-refractivity contribution in [3.8, 4) is 0 Å². The highest BCUT2D eigenvalue weighted by Gasteiger charge is 2.62. The minimum atomic E-state index is -0.0339. The van der Waals surface area contributed by atoms with E-state index in [-0.39, 0.29) is 7.92 Å². The molecule has 0 N–H and O–H groups in total. The average molecular weight is 533 g/mol. The van der Waals surface area contributed by atoms with Crippen molar-refractivity contribution < 1.29 is 0 Å². The van der Waals surface area contributed by atoms with Gasteiger partial charge in [0.05, 0.1) is 0 Å². The fourth-order valence-electron chi connectivity index (χ4n) is 12.5. The molecule has 0 radical (unpaired) electrons. The molecule has 1 heteroatoms. The highest BCUT2D eigenvalue weighted by Crippen LogP contribution is 2.79. The molecule has 1 unspecified atom stereocenters. The third-order valence-electron chi connectivity index (χ3n) is 12.9. The predicted octanol–water partition coefficient (Wildman–Crippen LogP) is 10.2. The SMILES string of the molecule is C1=CC(c2ccccc2)C(c2ccccc2)=C1CP(C12CC3CC(CC(C3)C1)C2)C12CC3CC(CC(C3)C1)C2. The highest BCUT2D eigenvalue weighted by atomic mass is 31.1. The molecule has 202 valence electrons. The molecular weight excluding hydrogens is 487 g/mol. The smallest absolute Gasteiger partial charge is 0.0281 e. The maximum atomic E-state index is 2.62. The molecule has 0 aliphatic heterocycles. The Labute approximate surface area is 237 Å². The minimum Gasteiger partial charge on any atom is -0.0894 e. The van der Waals surface area contributed by atoms with Gasteiger partial charge in [-0.3, -0.25) is 0 Å². The summed E-state index contributed by atoms with van der Waals surface area (Å²) in [6.45, 7) is 0. The second-order valence-electron chi connectivity index (χ2n) is 15.4. The lowest BCUT2D eigenvalue weighted by atomic mass is 9.55. The Balaban J connectivity index is 1.17. The van der Waals surface area contributed by atoms with Crippen LogP contribution in [0.3, 0.4) is 0 Å². The summed E-state index contributed by atoms with van der Waals surface area (Å²) in [6.07, 6.45) is 25.7. The zero-order valence-electron chi connectivity index (χ0n) is 23.6.